The second-order valence-electron chi connectivity index (χ2n) is 5.58. The largest absolute Gasteiger partial charge is 0.305 e. The van der Waals surface area contributed by atoms with E-state index in [-0.39, 0.29) is 17.9 Å². The highest BCUT2D eigenvalue weighted by atomic mass is 79.9. The molecular weight excluding hydrogens is 318 g/mol. The maximum atomic E-state index is 12.8. The number of anilines is 1. The van der Waals surface area contributed by atoms with Crippen LogP contribution in [0.5, 0.6) is 0 Å². The van der Waals surface area contributed by atoms with E-state index in [1.165, 1.54) is 0 Å². The van der Waals surface area contributed by atoms with E-state index in [9.17, 15) is 4.79 Å². The second kappa shape index (κ2) is 5.94. The Morgan fingerprint density at radius 2 is 2.30 bits per heavy atom. The van der Waals surface area contributed by atoms with Gasteiger partial charge >= 0.3 is 0 Å². The highest BCUT2D eigenvalue weighted by Crippen LogP contribution is 2.31. The van der Waals surface area contributed by atoms with E-state index in [0.717, 1.165) is 23.1 Å². The van der Waals surface area contributed by atoms with Crippen LogP contribution in [0.25, 0.3) is 0 Å². The van der Waals surface area contributed by atoms with Crippen molar-refractivity contribution in [3.05, 3.63) is 28.7 Å². The van der Waals surface area contributed by atoms with E-state index in [1.807, 2.05) is 29.2 Å². The molecule has 1 heterocycles. The van der Waals surface area contributed by atoms with E-state index in [0.29, 0.717) is 0 Å². The minimum Gasteiger partial charge on any atom is -0.305 e. The van der Waals surface area contributed by atoms with E-state index in [1.54, 1.807) is 0 Å². The lowest BCUT2D eigenvalue weighted by molar-refractivity contribution is -0.121. The quantitative estimate of drug-likeness (QED) is 0.904. The van der Waals surface area contributed by atoms with Gasteiger partial charge in [0.05, 0.1) is 12.5 Å². The van der Waals surface area contributed by atoms with Crippen LogP contribution in [0, 0.1) is 11.3 Å². The highest BCUT2D eigenvalue weighted by Gasteiger charge is 2.38. The fraction of sp³-hybridized carbons (Fsp3) is 0.467. The SMILES string of the molecule is CC1(C)CCNC(CC#N)C(=O)N1c1cccc(Br)c1. The van der Waals surface area contributed by atoms with Gasteiger partial charge < -0.3 is 10.2 Å². The number of rotatable bonds is 2. The van der Waals surface area contributed by atoms with Crippen molar-refractivity contribution in [2.24, 2.45) is 0 Å². The number of nitrogens with zero attached hydrogens (tertiary/aromatic N) is 2. The van der Waals surface area contributed by atoms with Crippen LogP contribution in [0.4, 0.5) is 5.69 Å². The molecule has 20 heavy (non-hydrogen) atoms. The Balaban J connectivity index is 2.43. The zero-order chi connectivity index (χ0) is 14.8. The summed E-state index contributed by atoms with van der Waals surface area (Å²) in [6, 6.07) is 9.38. The Bertz CT molecular complexity index is 550. The fourth-order valence-electron chi connectivity index (χ4n) is 2.55. The first-order chi connectivity index (χ1) is 9.45. The Kier molecular flexibility index (Phi) is 4.46. The molecule has 0 bridgehead atoms. The molecule has 1 aromatic rings. The number of nitriles is 1. The molecule has 0 radical (unpaired) electrons. The monoisotopic (exact) mass is 335 g/mol. The predicted octanol–water partition coefficient (Wildman–Crippen LogP) is 2.84. The second-order valence-corrected chi connectivity index (χ2v) is 6.50. The molecule has 1 saturated heterocycles. The van der Waals surface area contributed by atoms with Crippen LogP contribution >= 0.6 is 15.9 Å². The molecule has 0 saturated carbocycles. The van der Waals surface area contributed by atoms with Crippen LogP contribution in [0.2, 0.25) is 0 Å². The number of hydrogen-bond acceptors (Lipinski definition) is 3. The van der Waals surface area contributed by atoms with Gasteiger partial charge in [0.1, 0.15) is 6.04 Å². The highest BCUT2D eigenvalue weighted by molar-refractivity contribution is 9.10. The zero-order valence-corrected chi connectivity index (χ0v) is 13.3. The predicted molar refractivity (Wildman–Crippen MR) is 82.3 cm³/mol. The van der Waals surface area contributed by atoms with Gasteiger partial charge in [0.25, 0.3) is 0 Å². The summed E-state index contributed by atoms with van der Waals surface area (Å²) in [5, 5.41) is 12.1. The van der Waals surface area contributed by atoms with E-state index >= 15 is 0 Å². The minimum absolute atomic E-state index is 0.0350. The lowest BCUT2D eigenvalue weighted by Gasteiger charge is -2.37. The first-order valence-electron chi connectivity index (χ1n) is 6.66. The van der Waals surface area contributed by atoms with Gasteiger partial charge in [0.2, 0.25) is 5.91 Å². The van der Waals surface area contributed by atoms with E-state index < -0.39 is 6.04 Å². The van der Waals surface area contributed by atoms with Gasteiger partial charge in [-0.1, -0.05) is 22.0 Å². The molecule has 1 amide bonds. The van der Waals surface area contributed by atoms with Crippen LogP contribution < -0.4 is 10.2 Å². The normalized spacial score (nSPS) is 22.2. The van der Waals surface area contributed by atoms with Gasteiger partial charge in [-0.3, -0.25) is 4.79 Å². The molecule has 1 fully saturated rings. The summed E-state index contributed by atoms with van der Waals surface area (Å²) in [6.45, 7) is 4.85. The molecule has 0 aromatic heterocycles. The van der Waals surface area contributed by atoms with Gasteiger partial charge in [0, 0.05) is 15.7 Å². The van der Waals surface area contributed by atoms with Gasteiger partial charge in [-0.2, -0.15) is 5.26 Å². The number of hydrogen-bond donors (Lipinski definition) is 1. The summed E-state index contributed by atoms with van der Waals surface area (Å²) in [5.74, 6) is -0.0350. The summed E-state index contributed by atoms with van der Waals surface area (Å²) in [4.78, 5) is 14.6. The third-order valence-electron chi connectivity index (χ3n) is 3.61. The van der Waals surface area contributed by atoms with E-state index in [4.69, 9.17) is 5.26 Å². The summed E-state index contributed by atoms with van der Waals surface area (Å²) in [7, 11) is 0. The lowest BCUT2D eigenvalue weighted by atomic mass is 9.97. The zero-order valence-electron chi connectivity index (χ0n) is 11.7. The van der Waals surface area contributed by atoms with Gasteiger partial charge in [0.15, 0.2) is 0 Å². The number of carbonyl (C=O) groups is 1. The smallest absolute Gasteiger partial charge is 0.245 e. The Morgan fingerprint density at radius 3 is 2.95 bits per heavy atom. The van der Waals surface area contributed by atoms with E-state index in [2.05, 4.69) is 41.2 Å². The molecule has 1 aromatic carbocycles. The van der Waals surface area contributed by atoms with Crippen molar-refractivity contribution in [1.29, 1.82) is 5.26 Å². The minimum atomic E-state index is -0.430. The third kappa shape index (κ3) is 3.02. The van der Waals surface area contributed by atoms with Crippen LogP contribution in [-0.2, 0) is 4.79 Å². The molecule has 1 unspecified atom stereocenters. The van der Waals surface area contributed by atoms with Gasteiger partial charge in [-0.25, -0.2) is 0 Å². The summed E-state index contributed by atoms with van der Waals surface area (Å²) < 4.78 is 0.938. The number of halogens is 1. The average Bonchev–Trinajstić information content (AvgIpc) is 2.47. The van der Waals surface area contributed by atoms with Crippen molar-refractivity contribution < 1.29 is 4.79 Å². The first kappa shape index (κ1) is 15.0. The Labute approximate surface area is 127 Å². The van der Waals surface area contributed by atoms with Crippen LogP contribution in [-0.4, -0.2) is 24.0 Å². The van der Waals surface area contributed by atoms with Crippen LogP contribution in [0.15, 0.2) is 28.7 Å². The van der Waals surface area contributed by atoms with Crippen molar-refractivity contribution in [3.63, 3.8) is 0 Å². The number of carbonyl (C=O) groups excluding carboxylic acids is 1. The molecule has 1 aliphatic heterocycles. The molecule has 5 heteroatoms. The Morgan fingerprint density at radius 1 is 1.55 bits per heavy atom. The third-order valence-corrected chi connectivity index (χ3v) is 4.11. The molecule has 1 aliphatic rings. The van der Waals surface area contributed by atoms with Gasteiger partial charge in [-0.15, -0.1) is 0 Å². The molecule has 1 N–H and O–H groups in total. The van der Waals surface area contributed by atoms with Crippen molar-refractivity contribution in [3.8, 4) is 6.07 Å². The standard InChI is InChI=1S/C15H18BrN3O/c1-15(2)7-9-18-13(6-8-17)14(20)19(15)12-5-3-4-11(16)10-12/h3-5,10,13,18H,6-7,9H2,1-2H3. The molecule has 1 atom stereocenters. The fourth-order valence-corrected chi connectivity index (χ4v) is 2.94. The molecular formula is C15H18BrN3O. The number of nitrogens with one attached hydrogen (secondary N) is 1. The molecule has 2 rings (SSSR count). The first-order valence-corrected chi connectivity index (χ1v) is 7.45. The summed E-state index contributed by atoms with van der Waals surface area (Å²) in [5.41, 5.74) is 0.579. The number of benzene rings is 1. The average molecular weight is 336 g/mol. The van der Waals surface area contributed by atoms with Gasteiger partial charge in [-0.05, 0) is 45.0 Å². The van der Waals surface area contributed by atoms with Crippen molar-refractivity contribution in [1.82, 2.24) is 5.32 Å². The molecule has 0 aliphatic carbocycles. The van der Waals surface area contributed by atoms with Crippen LogP contribution in [0.1, 0.15) is 26.7 Å². The van der Waals surface area contributed by atoms with Crippen molar-refractivity contribution in [2.45, 2.75) is 38.3 Å². The Hall–Kier alpha value is -1.38. The maximum Gasteiger partial charge on any atom is 0.245 e. The van der Waals surface area contributed by atoms with Crippen LogP contribution in [0.3, 0.4) is 0 Å². The summed E-state index contributed by atoms with van der Waals surface area (Å²) in [6.07, 6.45) is 1.03. The lowest BCUT2D eigenvalue weighted by Crippen LogP contribution is -2.51. The van der Waals surface area contributed by atoms with Crippen molar-refractivity contribution >= 4 is 27.5 Å². The summed E-state index contributed by atoms with van der Waals surface area (Å²) >= 11 is 3.45. The van der Waals surface area contributed by atoms with Crippen molar-refractivity contribution in [2.75, 3.05) is 11.4 Å². The molecule has 106 valence electrons. The topological polar surface area (TPSA) is 56.1 Å². The molecule has 4 nitrogen and oxygen atoms in total. The number of amides is 1. The molecule has 0 spiro atoms. The maximum absolute atomic E-state index is 12.8.